The van der Waals surface area contributed by atoms with Crippen molar-refractivity contribution in [3.8, 4) is 0 Å². The molecule has 0 atom stereocenters. The maximum atomic E-state index is 11.0. The second-order valence-electron chi connectivity index (χ2n) is 2.83. The van der Waals surface area contributed by atoms with Gasteiger partial charge in [-0.1, -0.05) is 31.9 Å². The summed E-state index contributed by atoms with van der Waals surface area (Å²) in [7, 11) is 0. The first-order chi connectivity index (χ1) is 5.81. The Labute approximate surface area is 75.0 Å². The normalized spacial score (nSPS) is 10.5. The highest BCUT2D eigenvalue weighted by Crippen LogP contribution is 1.97. The molecule has 0 rings (SSSR count). The molecule has 0 aromatic heterocycles. The van der Waals surface area contributed by atoms with Gasteiger partial charge in [-0.15, -0.1) is 0 Å². The molecule has 0 fully saturated rings. The fourth-order valence-electron chi connectivity index (χ4n) is 0.915. The van der Waals surface area contributed by atoms with E-state index in [0.29, 0.717) is 13.0 Å². The quantitative estimate of drug-likeness (QED) is 0.479. The zero-order chi connectivity index (χ0) is 9.23. The maximum absolute atomic E-state index is 11.0. The lowest BCUT2D eigenvalue weighted by Gasteiger charge is -2.00. The third-order valence-corrected chi connectivity index (χ3v) is 1.66. The van der Waals surface area contributed by atoms with Crippen molar-refractivity contribution in [2.24, 2.45) is 0 Å². The van der Waals surface area contributed by atoms with Crippen LogP contribution in [0.25, 0.3) is 0 Å². The van der Waals surface area contributed by atoms with Crippen molar-refractivity contribution >= 4 is 5.91 Å². The molecule has 0 unspecified atom stereocenters. The lowest BCUT2D eigenvalue weighted by atomic mass is 10.2. The van der Waals surface area contributed by atoms with E-state index < -0.39 is 0 Å². The van der Waals surface area contributed by atoms with Crippen molar-refractivity contribution in [2.45, 2.75) is 39.5 Å². The van der Waals surface area contributed by atoms with Crippen molar-refractivity contribution in [3.63, 3.8) is 0 Å². The highest BCUT2D eigenvalue weighted by molar-refractivity contribution is 5.75. The first-order valence-electron chi connectivity index (χ1n) is 4.69. The molecule has 0 heterocycles. The maximum Gasteiger partial charge on any atom is 0.220 e. The average molecular weight is 169 g/mol. The second kappa shape index (κ2) is 8.31. The summed E-state index contributed by atoms with van der Waals surface area (Å²) in [6.45, 7) is 4.75. The van der Waals surface area contributed by atoms with E-state index in [1.165, 1.54) is 6.42 Å². The topological polar surface area (TPSA) is 29.1 Å². The van der Waals surface area contributed by atoms with E-state index in [9.17, 15) is 4.79 Å². The van der Waals surface area contributed by atoms with Gasteiger partial charge in [0.25, 0.3) is 0 Å². The molecule has 0 spiro atoms. The Balaban J connectivity index is 3.21. The van der Waals surface area contributed by atoms with Gasteiger partial charge >= 0.3 is 0 Å². The third kappa shape index (κ3) is 7.32. The van der Waals surface area contributed by atoms with E-state index in [1.807, 2.05) is 19.1 Å². The zero-order valence-electron chi connectivity index (χ0n) is 8.10. The van der Waals surface area contributed by atoms with Crippen LogP contribution in [-0.4, -0.2) is 12.5 Å². The fourth-order valence-corrected chi connectivity index (χ4v) is 0.915. The molecular weight excluding hydrogens is 150 g/mol. The van der Waals surface area contributed by atoms with Gasteiger partial charge in [0.15, 0.2) is 0 Å². The summed E-state index contributed by atoms with van der Waals surface area (Å²) in [5.74, 6) is 0.168. The van der Waals surface area contributed by atoms with Gasteiger partial charge in [0, 0.05) is 13.0 Å². The van der Waals surface area contributed by atoms with E-state index in [0.717, 1.165) is 12.8 Å². The Hall–Kier alpha value is -0.790. The SMILES string of the molecule is C/C=C\CNC(=O)CCCCC. The predicted octanol–water partition coefficient (Wildman–Crippen LogP) is 2.26. The standard InChI is InChI=1S/C10H19NO/c1-3-5-7-8-10(12)11-9-6-4-2/h4,6H,3,5,7-9H2,1-2H3,(H,11,12)/b6-4-. The van der Waals surface area contributed by atoms with Gasteiger partial charge in [0.1, 0.15) is 0 Å². The summed E-state index contributed by atoms with van der Waals surface area (Å²) < 4.78 is 0. The summed E-state index contributed by atoms with van der Waals surface area (Å²) in [5, 5.41) is 2.82. The molecule has 2 nitrogen and oxygen atoms in total. The number of unbranched alkanes of at least 4 members (excludes halogenated alkanes) is 2. The van der Waals surface area contributed by atoms with Crippen LogP contribution in [0.3, 0.4) is 0 Å². The number of amides is 1. The van der Waals surface area contributed by atoms with Crippen LogP contribution >= 0.6 is 0 Å². The molecule has 0 aliphatic heterocycles. The number of hydrogen-bond acceptors (Lipinski definition) is 1. The highest BCUT2D eigenvalue weighted by atomic mass is 16.1. The number of allylic oxidation sites excluding steroid dienone is 1. The largest absolute Gasteiger partial charge is 0.353 e. The molecule has 0 aromatic carbocycles. The Morgan fingerprint density at radius 3 is 2.75 bits per heavy atom. The van der Waals surface area contributed by atoms with Gasteiger partial charge in [-0.2, -0.15) is 0 Å². The van der Waals surface area contributed by atoms with Gasteiger partial charge in [0.05, 0.1) is 0 Å². The van der Waals surface area contributed by atoms with E-state index >= 15 is 0 Å². The van der Waals surface area contributed by atoms with Gasteiger partial charge in [-0.05, 0) is 13.3 Å². The number of rotatable bonds is 6. The van der Waals surface area contributed by atoms with Crippen molar-refractivity contribution in [1.29, 1.82) is 0 Å². The second-order valence-corrected chi connectivity index (χ2v) is 2.83. The minimum absolute atomic E-state index is 0.168. The molecular formula is C10H19NO. The van der Waals surface area contributed by atoms with E-state index in [1.54, 1.807) is 0 Å². The van der Waals surface area contributed by atoms with Crippen molar-refractivity contribution < 1.29 is 4.79 Å². The summed E-state index contributed by atoms with van der Waals surface area (Å²) in [4.78, 5) is 11.0. The summed E-state index contributed by atoms with van der Waals surface area (Å²) >= 11 is 0. The molecule has 0 saturated carbocycles. The van der Waals surface area contributed by atoms with Crippen LogP contribution in [0, 0.1) is 0 Å². The highest BCUT2D eigenvalue weighted by Gasteiger charge is 1.96. The lowest BCUT2D eigenvalue weighted by molar-refractivity contribution is -0.120. The summed E-state index contributed by atoms with van der Waals surface area (Å²) in [5.41, 5.74) is 0. The monoisotopic (exact) mass is 169 g/mol. The molecule has 1 N–H and O–H groups in total. The van der Waals surface area contributed by atoms with E-state index in [2.05, 4.69) is 12.2 Å². The van der Waals surface area contributed by atoms with Crippen molar-refractivity contribution in [2.75, 3.05) is 6.54 Å². The van der Waals surface area contributed by atoms with Crippen LogP contribution in [0.2, 0.25) is 0 Å². The van der Waals surface area contributed by atoms with Crippen molar-refractivity contribution in [1.82, 2.24) is 5.32 Å². The number of nitrogens with one attached hydrogen (secondary N) is 1. The molecule has 0 aliphatic carbocycles. The van der Waals surface area contributed by atoms with Gasteiger partial charge < -0.3 is 5.32 Å². The minimum Gasteiger partial charge on any atom is -0.353 e. The van der Waals surface area contributed by atoms with Crippen LogP contribution in [0.15, 0.2) is 12.2 Å². The molecule has 0 aliphatic rings. The molecule has 12 heavy (non-hydrogen) atoms. The minimum atomic E-state index is 0.168. The third-order valence-electron chi connectivity index (χ3n) is 1.66. The molecule has 0 radical (unpaired) electrons. The molecule has 0 aromatic rings. The molecule has 70 valence electrons. The predicted molar refractivity (Wildman–Crippen MR) is 52.0 cm³/mol. The zero-order valence-corrected chi connectivity index (χ0v) is 8.10. The fraction of sp³-hybridized carbons (Fsp3) is 0.700. The Morgan fingerprint density at radius 1 is 1.42 bits per heavy atom. The molecule has 0 bridgehead atoms. The van der Waals surface area contributed by atoms with Gasteiger partial charge in [0.2, 0.25) is 5.91 Å². The lowest BCUT2D eigenvalue weighted by Crippen LogP contribution is -2.22. The first kappa shape index (κ1) is 11.2. The van der Waals surface area contributed by atoms with Gasteiger partial charge in [-0.25, -0.2) is 0 Å². The first-order valence-corrected chi connectivity index (χ1v) is 4.69. The Bertz CT molecular complexity index is 141. The average Bonchev–Trinajstić information content (AvgIpc) is 2.06. The Kier molecular flexibility index (Phi) is 7.76. The number of hydrogen-bond donors (Lipinski definition) is 1. The van der Waals surface area contributed by atoms with Crippen LogP contribution in [0.5, 0.6) is 0 Å². The molecule has 0 saturated heterocycles. The van der Waals surface area contributed by atoms with Crippen LogP contribution in [-0.2, 0) is 4.79 Å². The molecule has 1 amide bonds. The van der Waals surface area contributed by atoms with E-state index in [-0.39, 0.29) is 5.91 Å². The number of carbonyl (C=O) groups is 1. The summed E-state index contributed by atoms with van der Waals surface area (Å²) in [6.07, 6.45) is 7.88. The van der Waals surface area contributed by atoms with E-state index in [4.69, 9.17) is 0 Å². The smallest absolute Gasteiger partial charge is 0.220 e. The Morgan fingerprint density at radius 2 is 2.17 bits per heavy atom. The van der Waals surface area contributed by atoms with Crippen LogP contribution in [0.1, 0.15) is 39.5 Å². The van der Waals surface area contributed by atoms with Crippen LogP contribution in [0.4, 0.5) is 0 Å². The van der Waals surface area contributed by atoms with Crippen molar-refractivity contribution in [3.05, 3.63) is 12.2 Å². The van der Waals surface area contributed by atoms with Gasteiger partial charge in [-0.3, -0.25) is 4.79 Å². The van der Waals surface area contributed by atoms with Crippen LogP contribution < -0.4 is 5.32 Å². The number of carbonyl (C=O) groups excluding carboxylic acids is 1. The summed E-state index contributed by atoms with van der Waals surface area (Å²) in [6, 6.07) is 0. The molecule has 2 heteroatoms.